The Morgan fingerprint density at radius 3 is 3.16 bits per heavy atom. The van der Waals surface area contributed by atoms with Gasteiger partial charge in [0.15, 0.2) is 0 Å². The number of pyridine rings is 1. The monoisotopic (exact) mass is 273 g/mol. The quantitative estimate of drug-likeness (QED) is 0.860. The third-order valence-electron chi connectivity index (χ3n) is 4.14. The van der Waals surface area contributed by atoms with Gasteiger partial charge in [-0.2, -0.15) is 0 Å². The number of piperidine rings is 1. The third-order valence-corrected chi connectivity index (χ3v) is 4.96. The second-order valence-electron chi connectivity index (χ2n) is 5.41. The van der Waals surface area contributed by atoms with Crippen LogP contribution in [0.3, 0.4) is 0 Å². The molecule has 19 heavy (non-hydrogen) atoms. The second kappa shape index (κ2) is 4.28. The number of nitrogens with zero attached hydrogens (tertiary/aromatic N) is 2. The molecule has 0 spiro atoms. The molecule has 2 aromatic rings. The second-order valence-corrected chi connectivity index (χ2v) is 6.31. The fraction of sp³-hybridized carbons (Fsp3) is 0.429. The summed E-state index contributed by atoms with van der Waals surface area (Å²) in [6, 6.07) is 3.89. The summed E-state index contributed by atoms with van der Waals surface area (Å²) in [5.41, 5.74) is 2.27. The normalized spacial score (nSPS) is 25.1. The molecule has 0 aliphatic carbocycles. The lowest BCUT2D eigenvalue weighted by Crippen LogP contribution is -2.44. The predicted molar refractivity (Wildman–Crippen MR) is 75.5 cm³/mol. The number of hydrogen-bond donors (Lipinski definition) is 1. The SMILES string of the molecule is O=c1cc(-c2nccs2)cc2n1C[C@@H]1CNC[C@H]2C1. The van der Waals surface area contributed by atoms with Gasteiger partial charge in [0, 0.05) is 47.9 Å². The maximum Gasteiger partial charge on any atom is 0.251 e. The molecule has 1 fully saturated rings. The Hall–Kier alpha value is -1.46. The highest BCUT2D eigenvalue weighted by molar-refractivity contribution is 7.13. The van der Waals surface area contributed by atoms with Crippen LogP contribution < -0.4 is 10.9 Å². The summed E-state index contributed by atoms with van der Waals surface area (Å²) in [4.78, 5) is 16.6. The van der Waals surface area contributed by atoms with Crippen LogP contribution in [-0.4, -0.2) is 22.6 Å². The highest BCUT2D eigenvalue weighted by atomic mass is 32.1. The van der Waals surface area contributed by atoms with Gasteiger partial charge in [0.1, 0.15) is 5.01 Å². The van der Waals surface area contributed by atoms with E-state index in [1.165, 1.54) is 12.1 Å². The average molecular weight is 273 g/mol. The number of aromatic nitrogens is 2. The van der Waals surface area contributed by atoms with Crippen LogP contribution in [0.25, 0.3) is 10.6 Å². The standard InChI is InChI=1S/C14H15N3OS/c18-13-5-10(14-16-1-2-19-14)4-12-11-3-9(6-15-7-11)8-17(12)13/h1-2,4-5,9,11,15H,3,6-8H2/t9-,11+/m0/s1. The van der Waals surface area contributed by atoms with Crippen molar-refractivity contribution < 1.29 is 0 Å². The Labute approximate surface area is 115 Å². The fourth-order valence-corrected chi connectivity index (χ4v) is 3.92. The molecule has 4 rings (SSSR count). The van der Waals surface area contributed by atoms with Gasteiger partial charge < -0.3 is 9.88 Å². The van der Waals surface area contributed by atoms with E-state index >= 15 is 0 Å². The van der Waals surface area contributed by atoms with Gasteiger partial charge in [-0.1, -0.05) is 0 Å². The smallest absolute Gasteiger partial charge is 0.251 e. The van der Waals surface area contributed by atoms with Crippen molar-refractivity contribution in [2.24, 2.45) is 5.92 Å². The molecule has 0 saturated carbocycles. The van der Waals surface area contributed by atoms with Crippen LogP contribution in [0, 0.1) is 5.92 Å². The minimum absolute atomic E-state index is 0.124. The van der Waals surface area contributed by atoms with Crippen LogP contribution in [0.1, 0.15) is 18.0 Å². The average Bonchev–Trinajstić information content (AvgIpc) is 2.94. The van der Waals surface area contributed by atoms with Crippen molar-refractivity contribution in [3.05, 3.63) is 39.8 Å². The molecule has 0 radical (unpaired) electrons. The molecule has 0 aromatic carbocycles. The highest BCUT2D eigenvalue weighted by Gasteiger charge is 2.31. The molecule has 2 aromatic heterocycles. The first-order chi connectivity index (χ1) is 9.31. The van der Waals surface area contributed by atoms with Crippen LogP contribution >= 0.6 is 11.3 Å². The van der Waals surface area contributed by atoms with Gasteiger partial charge in [-0.3, -0.25) is 4.79 Å². The Morgan fingerprint density at radius 2 is 2.32 bits per heavy atom. The van der Waals surface area contributed by atoms with Crippen LogP contribution in [0.2, 0.25) is 0 Å². The highest BCUT2D eigenvalue weighted by Crippen LogP contribution is 2.33. The van der Waals surface area contributed by atoms with Crippen molar-refractivity contribution in [2.45, 2.75) is 18.9 Å². The first-order valence-electron chi connectivity index (χ1n) is 6.66. The number of thiazole rings is 1. The summed E-state index contributed by atoms with van der Waals surface area (Å²) >= 11 is 1.58. The van der Waals surface area contributed by atoms with Crippen molar-refractivity contribution in [1.82, 2.24) is 14.9 Å². The summed E-state index contributed by atoms with van der Waals surface area (Å²) in [7, 11) is 0. The number of nitrogens with one attached hydrogen (secondary N) is 1. The summed E-state index contributed by atoms with van der Waals surface area (Å²) in [5.74, 6) is 1.08. The molecule has 2 atom stereocenters. The van der Waals surface area contributed by atoms with Crippen LogP contribution in [0.5, 0.6) is 0 Å². The molecular weight excluding hydrogens is 258 g/mol. The van der Waals surface area contributed by atoms with E-state index in [0.29, 0.717) is 11.8 Å². The number of rotatable bonds is 1. The van der Waals surface area contributed by atoms with Gasteiger partial charge in [0.05, 0.1) is 0 Å². The van der Waals surface area contributed by atoms with Gasteiger partial charge in [0.25, 0.3) is 5.56 Å². The summed E-state index contributed by atoms with van der Waals surface area (Å²) < 4.78 is 1.97. The summed E-state index contributed by atoms with van der Waals surface area (Å²) in [5, 5.41) is 6.36. The van der Waals surface area contributed by atoms with E-state index in [2.05, 4.69) is 16.4 Å². The molecule has 0 unspecified atom stereocenters. The molecule has 2 aliphatic rings. The first kappa shape index (κ1) is 11.4. The molecule has 5 heteroatoms. The van der Waals surface area contributed by atoms with Crippen LogP contribution in [-0.2, 0) is 6.54 Å². The zero-order valence-corrected chi connectivity index (χ0v) is 11.3. The Bertz CT molecular complexity index is 662. The minimum atomic E-state index is 0.124. The van der Waals surface area contributed by atoms with Gasteiger partial charge >= 0.3 is 0 Å². The Kier molecular flexibility index (Phi) is 2.56. The van der Waals surface area contributed by atoms with Gasteiger partial charge in [-0.25, -0.2) is 4.98 Å². The van der Waals surface area contributed by atoms with Crippen molar-refractivity contribution in [3.63, 3.8) is 0 Å². The van der Waals surface area contributed by atoms with Crippen LogP contribution in [0.15, 0.2) is 28.5 Å². The van der Waals surface area contributed by atoms with E-state index < -0.39 is 0 Å². The summed E-state index contributed by atoms with van der Waals surface area (Å²) in [6.07, 6.45) is 2.99. The first-order valence-corrected chi connectivity index (χ1v) is 7.54. The Balaban J connectivity index is 1.87. The van der Waals surface area contributed by atoms with E-state index in [-0.39, 0.29) is 5.56 Å². The van der Waals surface area contributed by atoms with Gasteiger partial charge in [0.2, 0.25) is 0 Å². The zero-order valence-electron chi connectivity index (χ0n) is 10.5. The van der Waals surface area contributed by atoms with E-state index in [0.717, 1.165) is 30.2 Å². The Morgan fingerprint density at radius 1 is 1.37 bits per heavy atom. The molecule has 1 N–H and O–H groups in total. The molecule has 4 heterocycles. The number of fused-ring (bicyclic) bond motifs is 4. The van der Waals surface area contributed by atoms with Crippen molar-refractivity contribution in [3.8, 4) is 10.6 Å². The lowest BCUT2D eigenvalue weighted by Gasteiger charge is -2.37. The van der Waals surface area contributed by atoms with Crippen molar-refractivity contribution in [1.29, 1.82) is 0 Å². The van der Waals surface area contributed by atoms with Crippen LogP contribution in [0.4, 0.5) is 0 Å². The maximum absolute atomic E-state index is 12.3. The van der Waals surface area contributed by atoms with E-state index in [9.17, 15) is 4.79 Å². The molecular formula is C14H15N3OS. The molecule has 4 nitrogen and oxygen atoms in total. The number of hydrogen-bond acceptors (Lipinski definition) is 4. The third kappa shape index (κ3) is 1.84. The molecule has 98 valence electrons. The van der Waals surface area contributed by atoms with E-state index in [1.807, 2.05) is 9.95 Å². The van der Waals surface area contributed by atoms with Crippen molar-refractivity contribution >= 4 is 11.3 Å². The van der Waals surface area contributed by atoms with Gasteiger partial charge in [-0.15, -0.1) is 11.3 Å². The molecule has 0 amide bonds. The maximum atomic E-state index is 12.3. The molecule has 2 bridgehead atoms. The van der Waals surface area contributed by atoms with Crippen molar-refractivity contribution in [2.75, 3.05) is 13.1 Å². The van der Waals surface area contributed by atoms with E-state index in [4.69, 9.17) is 0 Å². The van der Waals surface area contributed by atoms with Gasteiger partial charge in [-0.05, 0) is 24.9 Å². The predicted octanol–water partition coefficient (Wildman–Crippen LogP) is 1.68. The largest absolute Gasteiger partial charge is 0.316 e. The lowest BCUT2D eigenvalue weighted by molar-refractivity contribution is 0.257. The zero-order chi connectivity index (χ0) is 12.8. The topological polar surface area (TPSA) is 46.9 Å². The van der Waals surface area contributed by atoms with E-state index in [1.54, 1.807) is 23.6 Å². The molecule has 2 aliphatic heterocycles. The summed E-state index contributed by atoms with van der Waals surface area (Å²) in [6.45, 7) is 2.88. The minimum Gasteiger partial charge on any atom is -0.316 e. The fourth-order valence-electron chi connectivity index (χ4n) is 3.29. The molecule has 1 saturated heterocycles. The lowest BCUT2D eigenvalue weighted by atomic mass is 9.84.